The van der Waals surface area contributed by atoms with E-state index in [0.717, 1.165) is 31.4 Å². The van der Waals surface area contributed by atoms with Crippen LogP contribution in [0.3, 0.4) is 0 Å². The minimum atomic E-state index is -0.0796. The van der Waals surface area contributed by atoms with Crippen LogP contribution in [0, 0.1) is 12.8 Å². The summed E-state index contributed by atoms with van der Waals surface area (Å²) in [6.07, 6.45) is 3.81. The highest BCUT2D eigenvalue weighted by Gasteiger charge is 2.27. The third-order valence-electron chi connectivity index (χ3n) is 3.50. The smallest absolute Gasteiger partial charge is 0.308 e. The SMILES string of the molecule is COC(=O)[C@H]1CC[C@H](Oc2cccc(C)c2)CC1. The first-order valence-electron chi connectivity index (χ1n) is 6.50. The number of hydrogen-bond donors (Lipinski definition) is 0. The lowest BCUT2D eigenvalue weighted by Crippen LogP contribution is -2.28. The van der Waals surface area contributed by atoms with E-state index in [4.69, 9.17) is 9.47 Å². The first-order chi connectivity index (χ1) is 8.69. The van der Waals surface area contributed by atoms with E-state index >= 15 is 0 Å². The Morgan fingerprint density at radius 3 is 2.56 bits per heavy atom. The highest BCUT2D eigenvalue weighted by molar-refractivity contribution is 5.72. The first kappa shape index (κ1) is 12.9. The summed E-state index contributed by atoms with van der Waals surface area (Å²) in [5.74, 6) is 0.910. The highest BCUT2D eigenvalue weighted by Crippen LogP contribution is 2.28. The van der Waals surface area contributed by atoms with Crippen molar-refractivity contribution >= 4 is 5.97 Å². The van der Waals surface area contributed by atoms with Crippen LogP contribution in [0.5, 0.6) is 5.75 Å². The van der Waals surface area contributed by atoms with Crippen molar-refractivity contribution in [1.82, 2.24) is 0 Å². The van der Waals surface area contributed by atoms with Gasteiger partial charge in [-0.3, -0.25) is 4.79 Å². The number of rotatable bonds is 3. The molecular weight excluding hydrogens is 228 g/mol. The molecule has 0 radical (unpaired) electrons. The van der Waals surface area contributed by atoms with Gasteiger partial charge in [0.25, 0.3) is 0 Å². The third kappa shape index (κ3) is 3.25. The Kier molecular flexibility index (Phi) is 4.24. The van der Waals surface area contributed by atoms with Gasteiger partial charge in [-0.1, -0.05) is 12.1 Å². The average Bonchev–Trinajstić information content (AvgIpc) is 2.39. The molecular formula is C15H20O3. The van der Waals surface area contributed by atoms with Crippen LogP contribution < -0.4 is 4.74 Å². The second kappa shape index (κ2) is 5.89. The number of carbonyl (C=O) groups excluding carboxylic acids is 1. The Hall–Kier alpha value is -1.51. The Morgan fingerprint density at radius 1 is 1.22 bits per heavy atom. The molecule has 98 valence electrons. The standard InChI is InChI=1S/C15H20O3/c1-11-4-3-5-14(10-11)18-13-8-6-12(7-9-13)15(16)17-2/h3-5,10,12-13H,6-9H2,1-2H3/t12-,13-. The summed E-state index contributed by atoms with van der Waals surface area (Å²) in [5, 5.41) is 0. The zero-order valence-corrected chi connectivity index (χ0v) is 11.0. The van der Waals surface area contributed by atoms with E-state index < -0.39 is 0 Å². The van der Waals surface area contributed by atoms with Crippen LogP contribution in [0.15, 0.2) is 24.3 Å². The van der Waals surface area contributed by atoms with Crippen LogP contribution in [0.25, 0.3) is 0 Å². The van der Waals surface area contributed by atoms with Gasteiger partial charge in [0.1, 0.15) is 5.75 Å². The van der Waals surface area contributed by atoms with Gasteiger partial charge in [-0.15, -0.1) is 0 Å². The molecule has 0 spiro atoms. The molecule has 0 N–H and O–H groups in total. The van der Waals surface area contributed by atoms with Crippen LogP contribution in [-0.2, 0) is 9.53 Å². The third-order valence-corrected chi connectivity index (χ3v) is 3.50. The van der Waals surface area contributed by atoms with Gasteiger partial charge in [0, 0.05) is 0 Å². The molecule has 3 nitrogen and oxygen atoms in total. The van der Waals surface area contributed by atoms with Crippen LogP contribution >= 0.6 is 0 Å². The summed E-state index contributed by atoms with van der Waals surface area (Å²) in [4.78, 5) is 11.4. The molecule has 1 aliphatic rings. The molecule has 1 saturated carbocycles. The van der Waals surface area contributed by atoms with Gasteiger partial charge in [0.15, 0.2) is 0 Å². The monoisotopic (exact) mass is 248 g/mol. The maximum Gasteiger partial charge on any atom is 0.308 e. The van der Waals surface area contributed by atoms with E-state index in [-0.39, 0.29) is 18.0 Å². The van der Waals surface area contributed by atoms with Gasteiger partial charge >= 0.3 is 5.97 Å². The van der Waals surface area contributed by atoms with Crippen molar-refractivity contribution in [1.29, 1.82) is 0 Å². The molecule has 0 saturated heterocycles. The number of benzene rings is 1. The second-order valence-corrected chi connectivity index (χ2v) is 4.93. The normalized spacial score (nSPS) is 23.4. The molecule has 0 heterocycles. The van der Waals surface area contributed by atoms with Gasteiger partial charge < -0.3 is 9.47 Å². The van der Waals surface area contributed by atoms with Gasteiger partial charge in [0.05, 0.1) is 19.1 Å². The molecule has 0 bridgehead atoms. The lowest BCUT2D eigenvalue weighted by atomic mass is 9.87. The summed E-state index contributed by atoms with van der Waals surface area (Å²) in [7, 11) is 1.46. The van der Waals surface area contributed by atoms with Gasteiger partial charge in [-0.05, 0) is 50.3 Å². The van der Waals surface area contributed by atoms with Crippen LogP contribution in [0.4, 0.5) is 0 Å². The molecule has 0 aromatic heterocycles. The lowest BCUT2D eigenvalue weighted by molar-refractivity contribution is -0.147. The predicted octanol–water partition coefficient (Wildman–Crippen LogP) is 3.11. The maximum absolute atomic E-state index is 11.4. The largest absolute Gasteiger partial charge is 0.490 e. The highest BCUT2D eigenvalue weighted by atomic mass is 16.5. The molecule has 18 heavy (non-hydrogen) atoms. The van der Waals surface area contributed by atoms with Crippen molar-refractivity contribution < 1.29 is 14.3 Å². The fourth-order valence-corrected chi connectivity index (χ4v) is 2.46. The van der Waals surface area contributed by atoms with E-state index in [1.807, 2.05) is 18.2 Å². The summed E-state index contributed by atoms with van der Waals surface area (Å²) in [6, 6.07) is 8.09. The summed E-state index contributed by atoms with van der Waals surface area (Å²) in [5.41, 5.74) is 1.20. The van der Waals surface area contributed by atoms with Crippen molar-refractivity contribution in [2.45, 2.75) is 38.7 Å². The summed E-state index contributed by atoms with van der Waals surface area (Å²) in [6.45, 7) is 2.06. The van der Waals surface area contributed by atoms with Gasteiger partial charge in [-0.2, -0.15) is 0 Å². The fraction of sp³-hybridized carbons (Fsp3) is 0.533. The number of ether oxygens (including phenoxy) is 2. The van der Waals surface area contributed by atoms with E-state index in [2.05, 4.69) is 13.0 Å². The van der Waals surface area contributed by atoms with E-state index in [1.165, 1.54) is 12.7 Å². The predicted molar refractivity (Wildman–Crippen MR) is 69.6 cm³/mol. The average molecular weight is 248 g/mol. The Balaban J connectivity index is 1.85. The molecule has 0 unspecified atom stereocenters. The maximum atomic E-state index is 11.4. The molecule has 0 aliphatic heterocycles. The van der Waals surface area contributed by atoms with Crippen molar-refractivity contribution in [3.05, 3.63) is 29.8 Å². The molecule has 2 rings (SSSR count). The van der Waals surface area contributed by atoms with Gasteiger partial charge in [0.2, 0.25) is 0 Å². The van der Waals surface area contributed by atoms with E-state index in [1.54, 1.807) is 0 Å². The van der Waals surface area contributed by atoms with Crippen LogP contribution in [0.1, 0.15) is 31.2 Å². The molecule has 1 aromatic carbocycles. The quantitative estimate of drug-likeness (QED) is 0.771. The summed E-state index contributed by atoms with van der Waals surface area (Å²) < 4.78 is 10.7. The lowest BCUT2D eigenvalue weighted by Gasteiger charge is -2.27. The van der Waals surface area contributed by atoms with Crippen LogP contribution in [-0.4, -0.2) is 19.2 Å². The Labute approximate surface area is 108 Å². The molecule has 0 amide bonds. The van der Waals surface area contributed by atoms with Crippen molar-refractivity contribution in [3.63, 3.8) is 0 Å². The molecule has 1 aliphatic carbocycles. The van der Waals surface area contributed by atoms with Crippen molar-refractivity contribution in [3.8, 4) is 5.75 Å². The first-order valence-corrected chi connectivity index (χ1v) is 6.50. The number of aryl methyl sites for hydroxylation is 1. The number of methoxy groups -OCH3 is 1. The van der Waals surface area contributed by atoms with E-state index in [9.17, 15) is 4.79 Å². The minimum absolute atomic E-state index is 0.0624. The zero-order valence-electron chi connectivity index (χ0n) is 11.0. The molecule has 1 fully saturated rings. The molecule has 0 atom stereocenters. The number of carbonyl (C=O) groups is 1. The number of hydrogen-bond acceptors (Lipinski definition) is 3. The second-order valence-electron chi connectivity index (χ2n) is 4.93. The zero-order chi connectivity index (χ0) is 13.0. The summed E-state index contributed by atoms with van der Waals surface area (Å²) >= 11 is 0. The minimum Gasteiger partial charge on any atom is -0.490 e. The molecule has 3 heteroatoms. The van der Waals surface area contributed by atoms with Crippen molar-refractivity contribution in [2.75, 3.05) is 7.11 Å². The Bertz CT molecular complexity index is 406. The van der Waals surface area contributed by atoms with Gasteiger partial charge in [-0.25, -0.2) is 0 Å². The molecule has 1 aromatic rings. The van der Waals surface area contributed by atoms with Crippen LogP contribution in [0.2, 0.25) is 0 Å². The topological polar surface area (TPSA) is 35.5 Å². The Morgan fingerprint density at radius 2 is 1.94 bits per heavy atom. The fourth-order valence-electron chi connectivity index (χ4n) is 2.46. The van der Waals surface area contributed by atoms with E-state index in [0.29, 0.717) is 0 Å². The number of esters is 1. The van der Waals surface area contributed by atoms with Crippen molar-refractivity contribution in [2.24, 2.45) is 5.92 Å².